The van der Waals surface area contributed by atoms with Gasteiger partial charge >= 0.3 is 0 Å². The molecule has 1 aliphatic heterocycles. The van der Waals surface area contributed by atoms with Crippen LogP contribution in [0.15, 0.2) is 17.2 Å². The minimum atomic E-state index is -3.58. The number of ketones is 3. The van der Waals surface area contributed by atoms with Crippen LogP contribution in [0.25, 0.3) is 11.3 Å². The van der Waals surface area contributed by atoms with Crippen LogP contribution in [0.1, 0.15) is 46.3 Å². The first kappa shape index (κ1) is 18.7. The highest BCUT2D eigenvalue weighted by Gasteiger charge is 2.40. The normalized spacial score (nSPS) is 18.7. The summed E-state index contributed by atoms with van der Waals surface area (Å²) in [6.07, 6.45) is 2.42. The molecule has 1 aromatic carbocycles. The molecule has 7 nitrogen and oxygen atoms in total. The van der Waals surface area contributed by atoms with Gasteiger partial charge in [0.05, 0.1) is 22.5 Å². The molecule has 0 atom stereocenters. The summed E-state index contributed by atoms with van der Waals surface area (Å²) in [5.74, 6) is -2.67. The molecular formula is C20H20N2O5S. The Morgan fingerprint density at radius 2 is 1.82 bits per heavy atom. The Morgan fingerprint density at radius 1 is 1.18 bits per heavy atom. The van der Waals surface area contributed by atoms with Crippen LogP contribution < -0.4 is 0 Å². The van der Waals surface area contributed by atoms with Crippen molar-refractivity contribution < 1.29 is 22.8 Å². The lowest BCUT2D eigenvalue weighted by Gasteiger charge is -2.25. The molecule has 0 N–H and O–H groups in total. The van der Waals surface area contributed by atoms with Crippen LogP contribution in [0.5, 0.6) is 0 Å². The van der Waals surface area contributed by atoms with Gasteiger partial charge in [-0.15, -0.1) is 0 Å². The molecule has 1 aromatic heterocycles. The summed E-state index contributed by atoms with van der Waals surface area (Å²) in [6, 6.07) is 1.50. The minimum Gasteiger partial charge on any atom is -0.298 e. The molecule has 1 aliphatic carbocycles. The molecule has 0 spiro atoms. The summed E-state index contributed by atoms with van der Waals surface area (Å²) < 4.78 is 27.3. The highest BCUT2D eigenvalue weighted by Crippen LogP contribution is 2.43. The SMILES string of the molecule is Cc1cc(C(=O)C2C(=O)CCCC2=O)c(C)c2c1S(=O)(=O)Cc1cnn(C)c1-2. The van der Waals surface area contributed by atoms with E-state index in [-0.39, 0.29) is 40.6 Å². The topological polar surface area (TPSA) is 103 Å². The summed E-state index contributed by atoms with van der Waals surface area (Å²) in [4.78, 5) is 37.9. The maximum absolute atomic E-state index is 13.2. The maximum Gasteiger partial charge on any atom is 0.183 e. The van der Waals surface area contributed by atoms with Crippen molar-refractivity contribution in [2.24, 2.45) is 13.0 Å². The fourth-order valence-electron chi connectivity index (χ4n) is 4.38. The third-order valence-corrected chi connectivity index (χ3v) is 7.49. The lowest BCUT2D eigenvalue weighted by molar-refractivity contribution is -0.133. The average molecular weight is 400 g/mol. The second-order valence-electron chi connectivity index (χ2n) is 7.55. The number of carbonyl (C=O) groups excluding carboxylic acids is 3. The molecule has 2 aliphatic rings. The van der Waals surface area contributed by atoms with Crippen LogP contribution in [-0.4, -0.2) is 35.5 Å². The molecule has 1 saturated carbocycles. The van der Waals surface area contributed by atoms with E-state index in [9.17, 15) is 22.8 Å². The summed E-state index contributed by atoms with van der Waals surface area (Å²) in [5, 5.41) is 4.18. The van der Waals surface area contributed by atoms with Crippen LogP contribution in [0, 0.1) is 19.8 Å². The zero-order chi connectivity index (χ0) is 20.4. The predicted molar refractivity (Wildman–Crippen MR) is 101 cm³/mol. The van der Waals surface area contributed by atoms with Crippen molar-refractivity contribution in [3.8, 4) is 11.3 Å². The smallest absolute Gasteiger partial charge is 0.183 e. The standard InChI is InChI=1S/C20H20N2O5S/c1-10-7-13(19(25)17-14(23)5-4-6-15(17)24)11(2)16-18-12(8-21-22(18)3)9-28(26,27)20(10)16/h7-8,17H,4-6,9H2,1-3H3. The van der Waals surface area contributed by atoms with Gasteiger partial charge in [0.1, 0.15) is 5.92 Å². The van der Waals surface area contributed by atoms with Crippen molar-refractivity contribution in [3.63, 3.8) is 0 Å². The Bertz CT molecular complexity index is 1160. The molecule has 0 unspecified atom stereocenters. The molecule has 0 saturated heterocycles. The number of carbonyl (C=O) groups is 3. The monoisotopic (exact) mass is 400 g/mol. The van der Waals surface area contributed by atoms with Crippen LogP contribution >= 0.6 is 0 Å². The summed E-state index contributed by atoms with van der Waals surface area (Å²) in [5.41, 5.74) is 2.80. The molecule has 0 amide bonds. The third-order valence-electron chi connectivity index (χ3n) is 5.65. The first-order valence-electron chi connectivity index (χ1n) is 9.11. The van der Waals surface area contributed by atoms with Gasteiger partial charge in [0, 0.05) is 36.6 Å². The molecule has 1 fully saturated rings. The van der Waals surface area contributed by atoms with Crippen molar-refractivity contribution in [1.82, 2.24) is 9.78 Å². The number of sulfone groups is 1. The summed E-state index contributed by atoms with van der Waals surface area (Å²) in [7, 11) is -1.86. The number of hydrogen-bond acceptors (Lipinski definition) is 6. The highest BCUT2D eigenvalue weighted by atomic mass is 32.2. The van der Waals surface area contributed by atoms with E-state index in [1.165, 1.54) is 12.3 Å². The minimum absolute atomic E-state index is 0.143. The van der Waals surface area contributed by atoms with Gasteiger partial charge in [-0.2, -0.15) is 5.10 Å². The van der Waals surface area contributed by atoms with Gasteiger partial charge in [0.15, 0.2) is 27.2 Å². The van der Waals surface area contributed by atoms with Gasteiger partial charge < -0.3 is 0 Å². The largest absolute Gasteiger partial charge is 0.298 e. The number of rotatable bonds is 2. The fraction of sp³-hybridized carbons (Fsp3) is 0.400. The lowest BCUT2D eigenvalue weighted by atomic mass is 9.79. The second kappa shape index (κ2) is 6.20. The highest BCUT2D eigenvalue weighted by molar-refractivity contribution is 7.91. The number of hydrogen-bond donors (Lipinski definition) is 0. The van der Waals surface area contributed by atoms with E-state index in [0.717, 1.165) is 0 Å². The Kier molecular flexibility index (Phi) is 4.15. The molecule has 2 aromatic rings. The molecule has 2 heterocycles. The third kappa shape index (κ3) is 2.58. The zero-order valence-electron chi connectivity index (χ0n) is 15.9. The Labute approximate surface area is 162 Å². The van der Waals surface area contributed by atoms with E-state index >= 15 is 0 Å². The quantitative estimate of drug-likeness (QED) is 0.565. The molecule has 146 valence electrons. The lowest BCUT2D eigenvalue weighted by Crippen LogP contribution is -2.35. The van der Waals surface area contributed by atoms with Gasteiger partial charge in [-0.05, 0) is 37.5 Å². The van der Waals surface area contributed by atoms with E-state index in [4.69, 9.17) is 0 Å². The molecule has 4 rings (SSSR count). The van der Waals surface area contributed by atoms with Gasteiger partial charge in [0.25, 0.3) is 0 Å². The van der Waals surface area contributed by atoms with E-state index in [1.807, 2.05) is 0 Å². The number of benzene rings is 1. The second-order valence-corrected chi connectivity index (χ2v) is 9.48. The van der Waals surface area contributed by atoms with E-state index in [2.05, 4.69) is 5.10 Å². The molecule has 0 radical (unpaired) electrons. The van der Waals surface area contributed by atoms with E-state index in [0.29, 0.717) is 34.4 Å². The van der Waals surface area contributed by atoms with E-state index in [1.54, 1.807) is 25.6 Å². The average Bonchev–Trinajstić information content (AvgIpc) is 2.96. The van der Waals surface area contributed by atoms with Gasteiger partial charge in [0.2, 0.25) is 0 Å². The number of fused-ring (bicyclic) bond motifs is 3. The van der Waals surface area contributed by atoms with Crippen LogP contribution in [-0.2, 0) is 32.2 Å². The van der Waals surface area contributed by atoms with Gasteiger partial charge in [-0.25, -0.2) is 8.42 Å². The van der Waals surface area contributed by atoms with Crippen LogP contribution in [0.2, 0.25) is 0 Å². The Balaban J connectivity index is 1.98. The number of nitrogens with zero attached hydrogens (tertiary/aromatic N) is 2. The van der Waals surface area contributed by atoms with Gasteiger partial charge in [-0.3, -0.25) is 19.1 Å². The first-order valence-corrected chi connectivity index (χ1v) is 10.8. The van der Waals surface area contributed by atoms with Crippen LogP contribution in [0.3, 0.4) is 0 Å². The maximum atomic E-state index is 13.2. The van der Waals surface area contributed by atoms with E-state index < -0.39 is 21.5 Å². The number of Topliss-reactive ketones (excluding diaryl/α,β-unsaturated/α-hetero) is 3. The fourth-order valence-corrected chi connectivity index (χ4v) is 6.25. The van der Waals surface area contributed by atoms with Crippen molar-refractivity contribution in [3.05, 3.63) is 34.5 Å². The number of aromatic nitrogens is 2. The summed E-state index contributed by atoms with van der Waals surface area (Å²) >= 11 is 0. The summed E-state index contributed by atoms with van der Waals surface area (Å²) in [6.45, 7) is 3.30. The molecule has 8 heteroatoms. The first-order chi connectivity index (χ1) is 13.1. The predicted octanol–water partition coefficient (Wildman–Crippen LogP) is 2.11. The van der Waals surface area contributed by atoms with Crippen molar-refractivity contribution in [2.45, 2.75) is 43.8 Å². The Morgan fingerprint density at radius 3 is 2.46 bits per heavy atom. The Hall–Kier alpha value is -2.61. The van der Waals surface area contributed by atoms with Crippen molar-refractivity contribution in [2.75, 3.05) is 0 Å². The van der Waals surface area contributed by atoms with Crippen LogP contribution in [0.4, 0.5) is 0 Å². The molecule has 28 heavy (non-hydrogen) atoms. The van der Waals surface area contributed by atoms with Gasteiger partial charge in [-0.1, -0.05) is 0 Å². The zero-order valence-corrected chi connectivity index (χ0v) is 16.7. The number of aryl methyl sites for hydroxylation is 2. The molecule has 0 bridgehead atoms. The molecular weight excluding hydrogens is 380 g/mol. The van der Waals surface area contributed by atoms with Crippen molar-refractivity contribution in [1.29, 1.82) is 0 Å². The van der Waals surface area contributed by atoms with Crippen molar-refractivity contribution >= 4 is 27.2 Å².